The van der Waals surface area contributed by atoms with E-state index in [9.17, 15) is 13.2 Å². The van der Waals surface area contributed by atoms with Crippen molar-refractivity contribution >= 4 is 15.9 Å². The van der Waals surface area contributed by atoms with E-state index in [1.165, 1.54) is 9.87 Å². The molecule has 2 aromatic carbocycles. The summed E-state index contributed by atoms with van der Waals surface area (Å²) < 4.78 is 27.8. The summed E-state index contributed by atoms with van der Waals surface area (Å²) in [5, 5.41) is 9.12. The lowest BCUT2D eigenvalue weighted by molar-refractivity contribution is -0.133. The van der Waals surface area contributed by atoms with Gasteiger partial charge < -0.3 is 4.90 Å². The van der Waals surface area contributed by atoms with Gasteiger partial charge in [0.15, 0.2) is 0 Å². The molecule has 0 saturated carbocycles. The van der Waals surface area contributed by atoms with Gasteiger partial charge in [-0.15, -0.1) is 6.58 Å². The molecule has 178 valence electrons. The Kier molecular flexibility index (Phi) is 7.47. The lowest BCUT2D eigenvalue weighted by Crippen LogP contribution is -2.52. The number of hydrogen-bond acceptors (Lipinski definition) is 5. The third-order valence-corrected chi connectivity index (χ3v) is 8.40. The summed E-state index contributed by atoms with van der Waals surface area (Å²) in [4.78, 5) is 17.0. The van der Waals surface area contributed by atoms with Gasteiger partial charge in [0.05, 0.1) is 23.1 Å². The van der Waals surface area contributed by atoms with E-state index in [2.05, 4.69) is 12.6 Å². The number of rotatable bonds is 8. The summed E-state index contributed by atoms with van der Waals surface area (Å²) in [6, 6.07) is 15.0. The smallest absolute Gasteiger partial charge is 0.243 e. The van der Waals surface area contributed by atoms with Crippen LogP contribution in [0.3, 0.4) is 0 Å². The number of piperazine rings is 1. The van der Waals surface area contributed by atoms with Crippen molar-refractivity contribution in [2.45, 2.75) is 30.7 Å². The molecule has 34 heavy (non-hydrogen) atoms. The summed E-state index contributed by atoms with van der Waals surface area (Å²) in [7, 11) is -3.57. The Bertz CT molecular complexity index is 1210. The predicted octanol–water partition coefficient (Wildman–Crippen LogP) is 2.57. The number of sulfonamides is 1. The van der Waals surface area contributed by atoms with Gasteiger partial charge in [-0.2, -0.15) is 9.57 Å². The second kappa shape index (κ2) is 10.5. The summed E-state index contributed by atoms with van der Waals surface area (Å²) in [5.41, 5.74) is 3.93. The van der Waals surface area contributed by atoms with Gasteiger partial charge >= 0.3 is 0 Å². The number of nitrogens with zero attached hydrogens (tertiary/aromatic N) is 4. The minimum absolute atomic E-state index is 0.0344. The molecule has 7 nitrogen and oxygen atoms in total. The van der Waals surface area contributed by atoms with Crippen LogP contribution in [0, 0.1) is 11.3 Å². The van der Waals surface area contributed by atoms with Gasteiger partial charge in [0.1, 0.15) is 0 Å². The fraction of sp³-hybridized carbons (Fsp3) is 0.385. The third kappa shape index (κ3) is 5.39. The SMILES string of the molecule is C=CCN(CC(=O)N1CCN(S(=O)(=O)c2ccc3c(c2)CCC3)CC1)Cc1cccc(C#N)c1. The van der Waals surface area contributed by atoms with Crippen LogP contribution in [0.5, 0.6) is 0 Å². The molecule has 0 atom stereocenters. The van der Waals surface area contributed by atoms with Crippen LogP contribution >= 0.6 is 0 Å². The molecule has 0 N–H and O–H groups in total. The van der Waals surface area contributed by atoms with Crippen LogP contribution in [0.4, 0.5) is 0 Å². The molecule has 0 radical (unpaired) electrons. The first-order valence-corrected chi connectivity index (χ1v) is 13.1. The largest absolute Gasteiger partial charge is 0.339 e. The quantitative estimate of drug-likeness (QED) is 0.545. The van der Waals surface area contributed by atoms with Crippen LogP contribution in [0.15, 0.2) is 60.0 Å². The van der Waals surface area contributed by atoms with E-state index in [0.717, 1.165) is 30.4 Å². The average molecular weight is 479 g/mol. The Morgan fingerprint density at radius 3 is 2.59 bits per heavy atom. The molecule has 1 amide bonds. The monoisotopic (exact) mass is 478 g/mol. The summed E-state index contributed by atoms with van der Waals surface area (Å²) in [5.74, 6) is -0.0344. The third-order valence-electron chi connectivity index (χ3n) is 6.51. The average Bonchev–Trinajstić information content (AvgIpc) is 3.32. The van der Waals surface area contributed by atoms with Crippen molar-refractivity contribution < 1.29 is 13.2 Å². The first-order chi connectivity index (χ1) is 16.4. The molecule has 2 aromatic rings. The van der Waals surface area contributed by atoms with Crippen LogP contribution in [-0.2, 0) is 34.2 Å². The molecular formula is C26H30N4O3S. The molecule has 0 aromatic heterocycles. The molecule has 8 heteroatoms. The lowest BCUT2D eigenvalue weighted by Gasteiger charge is -2.35. The molecule has 1 saturated heterocycles. The highest BCUT2D eigenvalue weighted by atomic mass is 32.2. The van der Waals surface area contributed by atoms with E-state index >= 15 is 0 Å². The fourth-order valence-electron chi connectivity index (χ4n) is 4.69. The summed E-state index contributed by atoms with van der Waals surface area (Å²) in [6.07, 6.45) is 4.78. The maximum atomic E-state index is 13.2. The Labute approximate surface area is 201 Å². The number of carbonyl (C=O) groups excluding carboxylic acids is 1. The van der Waals surface area contributed by atoms with Gasteiger partial charge in [-0.1, -0.05) is 24.3 Å². The van der Waals surface area contributed by atoms with Crippen LogP contribution in [0.2, 0.25) is 0 Å². The van der Waals surface area contributed by atoms with Crippen molar-refractivity contribution in [2.24, 2.45) is 0 Å². The zero-order valence-electron chi connectivity index (χ0n) is 19.3. The fourth-order valence-corrected chi connectivity index (χ4v) is 6.17. The standard InChI is InChI=1S/C26H30N4O3S/c1-2-11-28(19-22-6-3-5-21(16-22)18-27)20-26(31)29-12-14-30(15-13-29)34(32,33)25-10-9-23-7-4-8-24(23)17-25/h2-3,5-6,9-10,16-17H,1,4,7-8,11-15,19-20H2. The van der Waals surface area contributed by atoms with E-state index in [4.69, 9.17) is 5.26 Å². The predicted molar refractivity (Wildman–Crippen MR) is 130 cm³/mol. The van der Waals surface area contributed by atoms with Crippen molar-refractivity contribution in [3.05, 3.63) is 77.4 Å². The van der Waals surface area contributed by atoms with Gasteiger partial charge in [-0.3, -0.25) is 9.69 Å². The molecule has 2 aliphatic rings. The van der Waals surface area contributed by atoms with Gasteiger partial charge in [-0.05, 0) is 60.2 Å². The van der Waals surface area contributed by atoms with Crippen molar-refractivity contribution in [2.75, 3.05) is 39.3 Å². The minimum Gasteiger partial charge on any atom is -0.339 e. The second-order valence-electron chi connectivity index (χ2n) is 8.84. The Morgan fingerprint density at radius 1 is 1.09 bits per heavy atom. The molecule has 1 aliphatic carbocycles. The first-order valence-electron chi connectivity index (χ1n) is 11.6. The zero-order chi connectivity index (χ0) is 24.1. The highest BCUT2D eigenvalue weighted by Gasteiger charge is 2.31. The van der Waals surface area contributed by atoms with E-state index in [-0.39, 0.29) is 25.5 Å². The van der Waals surface area contributed by atoms with E-state index in [1.54, 1.807) is 23.1 Å². The van der Waals surface area contributed by atoms with Crippen molar-refractivity contribution in [3.8, 4) is 6.07 Å². The van der Waals surface area contributed by atoms with Crippen LogP contribution in [-0.4, -0.2) is 67.7 Å². The van der Waals surface area contributed by atoms with Gasteiger partial charge in [0.25, 0.3) is 0 Å². The second-order valence-corrected chi connectivity index (χ2v) is 10.8. The van der Waals surface area contributed by atoms with E-state index < -0.39 is 10.0 Å². The van der Waals surface area contributed by atoms with Crippen LogP contribution in [0.1, 0.15) is 28.7 Å². The number of carbonyl (C=O) groups is 1. The number of nitriles is 1. The number of aryl methyl sites for hydroxylation is 2. The Balaban J connectivity index is 1.35. The molecule has 1 fully saturated rings. The first kappa shape index (κ1) is 24.1. The van der Waals surface area contributed by atoms with Crippen LogP contribution in [0.25, 0.3) is 0 Å². The molecule has 1 heterocycles. The molecule has 0 unspecified atom stereocenters. The number of amides is 1. The lowest BCUT2D eigenvalue weighted by atomic mass is 10.1. The summed E-state index contributed by atoms with van der Waals surface area (Å²) >= 11 is 0. The van der Waals surface area contributed by atoms with Crippen molar-refractivity contribution in [1.29, 1.82) is 5.26 Å². The summed E-state index contributed by atoms with van der Waals surface area (Å²) in [6.45, 7) is 6.38. The Morgan fingerprint density at radius 2 is 1.85 bits per heavy atom. The maximum Gasteiger partial charge on any atom is 0.243 e. The maximum absolute atomic E-state index is 13.2. The van der Waals surface area contributed by atoms with E-state index in [0.29, 0.717) is 36.6 Å². The normalized spacial score (nSPS) is 16.3. The van der Waals surface area contributed by atoms with Gasteiger partial charge in [-0.25, -0.2) is 8.42 Å². The Hall–Kier alpha value is -2.99. The topological polar surface area (TPSA) is 84.7 Å². The van der Waals surface area contributed by atoms with Gasteiger partial charge in [0.2, 0.25) is 15.9 Å². The van der Waals surface area contributed by atoms with Crippen molar-refractivity contribution in [1.82, 2.24) is 14.1 Å². The highest BCUT2D eigenvalue weighted by Crippen LogP contribution is 2.26. The van der Waals surface area contributed by atoms with Crippen molar-refractivity contribution in [3.63, 3.8) is 0 Å². The number of fused-ring (bicyclic) bond motifs is 1. The zero-order valence-corrected chi connectivity index (χ0v) is 20.1. The number of benzene rings is 2. The van der Waals surface area contributed by atoms with Crippen LogP contribution < -0.4 is 0 Å². The molecule has 0 bridgehead atoms. The molecule has 4 rings (SSSR count). The minimum atomic E-state index is -3.57. The molecule has 1 aliphatic heterocycles. The highest BCUT2D eigenvalue weighted by molar-refractivity contribution is 7.89. The molecule has 0 spiro atoms. The molecular weight excluding hydrogens is 448 g/mol. The van der Waals surface area contributed by atoms with E-state index in [1.807, 2.05) is 35.2 Å². The number of hydrogen-bond donors (Lipinski definition) is 0. The van der Waals surface area contributed by atoms with Gasteiger partial charge in [0, 0.05) is 39.3 Å².